The number of β-amino-alcohol motifs (C(OH)–C–C–N with tert-alkyl or cyclic N) is 1. The summed E-state index contributed by atoms with van der Waals surface area (Å²) in [5.74, 6) is 0.0487. The molecule has 1 aromatic rings. The Kier molecular flexibility index (Phi) is 5.73. The molecule has 0 aromatic heterocycles. The van der Waals surface area contributed by atoms with E-state index in [9.17, 15) is 9.90 Å². The number of amides is 1. The zero-order valence-corrected chi connectivity index (χ0v) is 12.5. The molecule has 2 rings (SSSR count). The smallest absolute Gasteiger partial charge is 0.237 e. The monoisotopic (exact) mass is 291 g/mol. The first-order chi connectivity index (χ1) is 10.1. The Hall–Kier alpha value is -1.43. The Morgan fingerprint density at radius 2 is 2.14 bits per heavy atom. The SMILES string of the molecule is CCC1C(=O)NCCN1CC(O)C(N)Cc1ccccc1. The van der Waals surface area contributed by atoms with E-state index in [1.165, 1.54) is 0 Å². The second-order valence-electron chi connectivity index (χ2n) is 5.63. The fourth-order valence-electron chi connectivity index (χ4n) is 2.82. The summed E-state index contributed by atoms with van der Waals surface area (Å²) in [5, 5.41) is 13.2. The predicted octanol–water partition coefficient (Wildman–Crippen LogP) is 0.128. The number of hydrogen-bond acceptors (Lipinski definition) is 4. The van der Waals surface area contributed by atoms with Crippen molar-refractivity contribution in [3.63, 3.8) is 0 Å². The second kappa shape index (κ2) is 7.54. The summed E-state index contributed by atoms with van der Waals surface area (Å²) in [6.07, 6.45) is 0.746. The highest BCUT2D eigenvalue weighted by atomic mass is 16.3. The number of piperazine rings is 1. The summed E-state index contributed by atoms with van der Waals surface area (Å²) < 4.78 is 0. The minimum atomic E-state index is -0.634. The highest BCUT2D eigenvalue weighted by molar-refractivity contribution is 5.82. The van der Waals surface area contributed by atoms with Gasteiger partial charge in [0.15, 0.2) is 0 Å². The van der Waals surface area contributed by atoms with E-state index in [1.54, 1.807) is 0 Å². The van der Waals surface area contributed by atoms with Crippen LogP contribution in [-0.4, -0.2) is 53.7 Å². The minimum Gasteiger partial charge on any atom is -0.390 e. The number of aliphatic hydroxyl groups excluding tert-OH is 1. The van der Waals surface area contributed by atoms with Gasteiger partial charge in [0.05, 0.1) is 12.1 Å². The molecule has 1 aliphatic heterocycles. The van der Waals surface area contributed by atoms with Gasteiger partial charge in [-0.3, -0.25) is 9.69 Å². The second-order valence-corrected chi connectivity index (χ2v) is 5.63. The summed E-state index contributed by atoms with van der Waals surface area (Å²) in [6.45, 7) is 3.83. The van der Waals surface area contributed by atoms with Crippen LogP contribution in [-0.2, 0) is 11.2 Å². The first-order valence-electron chi connectivity index (χ1n) is 7.61. The molecule has 1 amide bonds. The van der Waals surface area contributed by atoms with Crippen molar-refractivity contribution in [3.05, 3.63) is 35.9 Å². The molecule has 4 N–H and O–H groups in total. The molecule has 5 nitrogen and oxygen atoms in total. The van der Waals surface area contributed by atoms with Crippen LogP contribution < -0.4 is 11.1 Å². The molecule has 0 bridgehead atoms. The Balaban J connectivity index is 1.90. The van der Waals surface area contributed by atoms with E-state index < -0.39 is 6.10 Å². The number of carbonyl (C=O) groups excluding carboxylic acids is 1. The molecule has 1 saturated heterocycles. The van der Waals surface area contributed by atoms with Crippen LogP contribution in [0.3, 0.4) is 0 Å². The predicted molar refractivity (Wildman–Crippen MR) is 82.8 cm³/mol. The van der Waals surface area contributed by atoms with Gasteiger partial charge in [-0.2, -0.15) is 0 Å². The van der Waals surface area contributed by atoms with E-state index in [-0.39, 0.29) is 18.0 Å². The van der Waals surface area contributed by atoms with Crippen molar-refractivity contribution >= 4 is 5.91 Å². The maximum absolute atomic E-state index is 11.8. The first-order valence-corrected chi connectivity index (χ1v) is 7.61. The lowest BCUT2D eigenvalue weighted by molar-refractivity contribution is -0.129. The first kappa shape index (κ1) is 15.9. The van der Waals surface area contributed by atoms with Gasteiger partial charge in [-0.15, -0.1) is 0 Å². The maximum Gasteiger partial charge on any atom is 0.237 e. The van der Waals surface area contributed by atoms with Crippen LogP contribution in [0.15, 0.2) is 30.3 Å². The third kappa shape index (κ3) is 4.27. The van der Waals surface area contributed by atoms with E-state index in [0.29, 0.717) is 19.5 Å². The Bertz CT molecular complexity index is 452. The van der Waals surface area contributed by atoms with Crippen molar-refractivity contribution in [2.24, 2.45) is 5.73 Å². The summed E-state index contributed by atoms with van der Waals surface area (Å²) >= 11 is 0. The van der Waals surface area contributed by atoms with Crippen molar-refractivity contribution < 1.29 is 9.90 Å². The lowest BCUT2D eigenvalue weighted by Gasteiger charge is -2.36. The van der Waals surface area contributed by atoms with Gasteiger partial charge < -0.3 is 16.2 Å². The molecule has 0 saturated carbocycles. The van der Waals surface area contributed by atoms with Crippen LogP contribution in [0.4, 0.5) is 0 Å². The maximum atomic E-state index is 11.8. The number of nitrogens with two attached hydrogens (primary N) is 1. The summed E-state index contributed by atoms with van der Waals surface area (Å²) in [5.41, 5.74) is 7.23. The number of nitrogens with zero attached hydrogens (tertiary/aromatic N) is 1. The molecule has 1 heterocycles. The van der Waals surface area contributed by atoms with Crippen LogP contribution >= 0.6 is 0 Å². The standard InChI is InChI=1S/C16H25N3O2/c1-2-14-16(21)18-8-9-19(14)11-15(20)13(17)10-12-6-4-3-5-7-12/h3-7,13-15,20H,2,8-11,17H2,1H3,(H,18,21). The molecule has 0 aliphatic carbocycles. The van der Waals surface area contributed by atoms with Crippen LogP contribution in [0.2, 0.25) is 0 Å². The number of benzene rings is 1. The number of nitrogens with one attached hydrogen (secondary N) is 1. The van der Waals surface area contributed by atoms with Crippen LogP contribution in [0.1, 0.15) is 18.9 Å². The van der Waals surface area contributed by atoms with Gasteiger partial charge in [0, 0.05) is 25.7 Å². The van der Waals surface area contributed by atoms with Crippen LogP contribution in [0.5, 0.6) is 0 Å². The topological polar surface area (TPSA) is 78.6 Å². The molecular weight excluding hydrogens is 266 g/mol. The van der Waals surface area contributed by atoms with Gasteiger partial charge in [0.25, 0.3) is 0 Å². The Labute approximate surface area is 126 Å². The number of hydrogen-bond donors (Lipinski definition) is 3. The summed E-state index contributed by atoms with van der Waals surface area (Å²) in [6, 6.07) is 9.44. The zero-order chi connectivity index (χ0) is 15.2. The molecule has 0 radical (unpaired) electrons. The van der Waals surface area contributed by atoms with Crippen LogP contribution in [0, 0.1) is 0 Å². The Morgan fingerprint density at radius 1 is 1.43 bits per heavy atom. The normalized spacial score (nSPS) is 22.6. The third-order valence-corrected chi connectivity index (χ3v) is 4.06. The highest BCUT2D eigenvalue weighted by Gasteiger charge is 2.30. The summed E-state index contributed by atoms with van der Waals surface area (Å²) in [4.78, 5) is 13.8. The molecule has 1 fully saturated rings. The number of aliphatic hydroxyl groups is 1. The molecule has 5 heteroatoms. The van der Waals surface area contributed by atoms with Crippen LogP contribution in [0.25, 0.3) is 0 Å². The molecule has 1 aromatic carbocycles. The van der Waals surface area contributed by atoms with Gasteiger partial charge >= 0.3 is 0 Å². The molecular formula is C16H25N3O2. The molecule has 3 atom stereocenters. The van der Waals surface area contributed by atoms with Gasteiger partial charge in [0.1, 0.15) is 0 Å². The minimum absolute atomic E-state index is 0.0487. The molecule has 21 heavy (non-hydrogen) atoms. The zero-order valence-electron chi connectivity index (χ0n) is 12.5. The van der Waals surface area contributed by atoms with E-state index >= 15 is 0 Å². The van der Waals surface area contributed by atoms with E-state index in [4.69, 9.17) is 5.73 Å². The fourth-order valence-corrected chi connectivity index (χ4v) is 2.82. The van der Waals surface area contributed by atoms with Crippen molar-refractivity contribution in [2.75, 3.05) is 19.6 Å². The van der Waals surface area contributed by atoms with Gasteiger partial charge in [-0.05, 0) is 18.4 Å². The molecule has 116 valence electrons. The van der Waals surface area contributed by atoms with E-state index in [0.717, 1.165) is 18.5 Å². The van der Waals surface area contributed by atoms with Crippen molar-refractivity contribution in [2.45, 2.75) is 38.0 Å². The van der Waals surface area contributed by atoms with E-state index in [1.807, 2.05) is 42.2 Å². The fraction of sp³-hybridized carbons (Fsp3) is 0.562. The van der Waals surface area contributed by atoms with Gasteiger partial charge in [-0.25, -0.2) is 0 Å². The largest absolute Gasteiger partial charge is 0.390 e. The average molecular weight is 291 g/mol. The summed E-state index contributed by atoms with van der Waals surface area (Å²) in [7, 11) is 0. The number of carbonyl (C=O) groups is 1. The van der Waals surface area contributed by atoms with E-state index in [2.05, 4.69) is 5.32 Å². The third-order valence-electron chi connectivity index (χ3n) is 4.06. The van der Waals surface area contributed by atoms with Gasteiger partial charge in [0.2, 0.25) is 5.91 Å². The van der Waals surface area contributed by atoms with Crippen molar-refractivity contribution in [1.82, 2.24) is 10.2 Å². The molecule has 1 aliphatic rings. The Morgan fingerprint density at radius 3 is 2.81 bits per heavy atom. The van der Waals surface area contributed by atoms with Crippen molar-refractivity contribution in [1.29, 1.82) is 0 Å². The number of rotatable bonds is 6. The highest BCUT2D eigenvalue weighted by Crippen LogP contribution is 2.11. The molecule has 0 spiro atoms. The lowest BCUT2D eigenvalue weighted by atomic mass is 10.0. The molecule has 3 unspecified atom stereocenters. The lowest BCUT2D eigenvalue weighted by Crippen LogP contribution is -2.58. The quantitative estimate of drug-likeness (QED) is 0.696. The van der Waals surface area contributed by atoms with Gasteiger partial charge in [-0.1, -0.05) is 37.3 Å². The van der Waals surface area contributed by atoms with Crippen molar-refractivity contribution in [3.8, 4) is 0 Å². The average Bonchev–Trinajstić information content (AvgIpc) is 2.48.